The van der Waals surface area contributed by atoms with Crippen LogP contribution in [0.5, 0.6) is 0 Å². The second kappa shape index (κ2) is 5.13. The van der Waals surface area contributed by atoms with E-state index >= 15 is 0 Å². The monoisotopic (exact) mass is 249 g/mol. The Morgan fingerprint density at radius 3 is 2.65 bits per heavy atom. The number of carbonyl (C=O) groups is 1. The Morgan fingerprint density at radius 1 is 1.41 bits per heavy atom. The Hall–Kier alpha value is -0.955. The Balaban J connectivity index is 2.10. The second-order valence-electron chi connectivity index (χ2n) is 4.76. The van der Waals surface area contributed by atoms with Crippen molar-refractivity contribution in [3.63, 3.8) is 0 Å². The predicted octanol–water partition coefficient (Wildman–Crippen LogP) is 2.58. The number of halogens is 1. The third kappa shape index (κ3) is 2.66. The van der Waals surface area contributed by atoms with Crippen LogP contribution in [0.15, 0.2) is 18.2 Å². The Kier molecular flexibility index (Phi) is 3.77. The number of benzene rings is 1. The maximum absolute atomic E-state index is 11.3. The molecule has 1 amide bonds. The van der Waals surface area contributed by atoms with Gasteiger partial charge in [0.2, 0.25) is 7.85 Å². The van der Waals surface area contributed by atoms with Crippen LogP contribution in [0, 0.1) is 6.92 Å². The molecular weight excluding hydrogens is 232 g/mol. The van der Waals surface area contributed by atoms with Crippen molar-refractivity contribution in [3.05, 3.63) is 34.3 Å². The van der Waals surface area contributed by atoms with Crippen molar-refractivity contribution in [2.45, 2.75) is 25.7 Å². The minimum absolute atomic E-state index is 0.179. The number of carbonyl (C=O) groups excluding carboxylic acids is 1. The summed E-state index contributed by atoms with van der Waals surface area (Å²) in [6, 6.07) is 6.22. The van der Waals surface area contributed by atoms with Crippen LogP contribution in [0.1, 0.15) is 29.9 Å². The summed E-state index contributed by atoms with van der Waals surface area (Å²) in [6.07, 6.45) is 2.03. The molecule has 0 aliphatic carbocycles. The standard InChI is InChI=1S/C13H17BClNO/c1-9-3-2-4-11(12(9)15)10-5-7-16(8-6-10)13(14)17/h2-4,10H,5-8,14H2,1H3. The molecule has 1 aliphatic heterocycles. The molecule has 0 bridgehead atoms. The Labute approximate surface area is 108 Å². The molecule has 0 saturated carbocycles. The SMILES string of the molecule is BC(=O)N1CCC(c2cccc(C)c2Cl)CC1. The zero-order valence-electron chi connectivity index (χ0n) is 10.4. The third-order valence-electron chi connectivity index (χ3n) is 3.60. The maximum atomic E-state index is 11.3. The summed E-state index contributed by atoms with van der Waals surface area (Å²) in [4.78, 5) is 13.2. The second-order valence-corrected chi connectivity index (χ2v) is 5.14. The van der Waals surface area contributed by atoms with Crippen LogP contribution in [-0.2, 0) is 0 Å². The van der Waals surface area contributed by atoms with Gasteiger partial charge in [0.05, 0.1) is 0 Å². The van der Waals surface area contributed by atoms with Crippen molar-refractivity contribution in [1.82, 2.24) is 4.90 Å². The van der Waals surface area contributed by atoms with Crippen LogP contribution in [0.3, 0.4) is 0 Å². The minimum atomic E-state index is 0.179. The highest BCUT2D eigenvalue weighted by Crippen LogP contribution is 2.34. The summed E-state index contributed by atoms with van der Waals surface area (Å²) < 4.78 is 0. The van der Waals surface area contributed by atoms with E-state index in [1.54, 1.807) is 7.85 Å². The fourth-order valence-electron chi connectivity index (χ4n) is 2.49. The molecule has 2 rings (SSSR count). The van der Waals surface area contributed by atoms with Crippen molar-refractivity contribution in [3.8, 4) is 0 Å². The van der Waals surface area contributed by atoms with Gasteiger partial charge in [-0.3, -0.25) is 4.79 Å². The molecular formula is C13H17BClNO. The summed E-state index contributed by atoms with van der Waals surface area (Å²) in [5, 5.41) is 0.897. The molecule has 0 N–H and O–H groups in total. The van der Waals surface area contributed by atoms with E-state index in [0.717, 1.165) is 36.5 Å². The number of nitrogens with zero attached hydrogens (tertiary/aromatic N) is 1. The predicted molar refractivity (Wildman–Crippen MR) is 73.7 cm³/mol. The molecule has 17 heavy (non-hydrogen) atoms. The lowest BCUT2D eigenvalue weighted by molar-refractivity contribution is 0.204. The van der Waals surface area contributed by atoms with E-state index in [2.05, 4.69) is 12.1 Å². The van der Waals surface area contributed by atoms with Crippen LogP contribution in [-0.4, -0.2) is 31.6 Å². The molecule has 1 heterocycles. The van der Waals surface area contributed by atoms with Gasteiger partial charge in [-0.2, -0.15) is 0 Å². The lowest BCUT2D eigenvalue weighted by atomic mass is 9.88. The van der Waals surface area contributed by atoms with E-state index in [0.29, 0.717) is 5.92 Å². The minimum Gasteiger partial charge on any atom is -0.352 e. The van der Waals surface area contributed by atoms with Crippen LogP contribution in [0.2, 0.25) is 5.02 Å². The average Bonchev–Trinajstić information content (AvgIpc) is 2.33. The molecule has 1 aliphatic rings. The van der Waals surface area contributed by atoms with Crippen molar-refractivity contribution in [2.75, 3.05) is 13.1 Å². The number of amides is 1. The normalized spacial score (nSPS) is 17.2. The van der Waals surface area contributed by atoms with Gasteiger partial charge in [0.15, 0.2) is 5.81 Å². The van der Waals surface area contributed by atoms with Gasteiger partial charge in [0.25, 0.3) is 0 Å². The van der Waals surface area contributed by atoms with Crippen LogP contribution >= 0.6 is 11.6 Å². The first-order valence-corrected chi connectivity index (χ1v) is 6.48. The van der Waals surface area contributed by atoms with Crippen LogP contribution in [0.4, 0.5) is 4.79 Å². The summed E-state index contributed by atoms with van der Waals surface area (Å²) in [5.74, 6) is 0.678. The van der Waals surface area contributed by atoms with Crippen molar-refractivity contribution in [2.24, 2.45) is 0 Å². The fourth-order valence-corrected chi connectivity index (χ4v) is 2.77. The lowest BCUT2D eigenvalue weighted by Gasteiger charge is -2.32. The first-order valence-electron chi connectivity index (χ1n) is 6.10. The van der Waals surface area contributed by atoms with Crippen LogP contribution < -0.4 is 0 Å². The topological polar surface area (TPSA) is 20.3 Å². The zero-order chi connectivity index (χ0) is 12.4. The number of hydrogen-bond donors (Lipinski definition) is 0. The van der Waals surface area contributed by atoms with E-state index in [-0.39, 0.29) is 5.81 Å². The molecule has 0 spiro atoms. The highest BCUT2D eigenvalue weighted by molar-refractivity contribution is 6.56. The summed E-state index contributed by atoms with van der Waals surface area (Å²) in [7, 11) is 1.64. The van der Waals surface area contributed by atoms with E-state index in [1.165, 1.54) is 5.56 Å². The summed E-state index contributed by atoms with van der Waals surface area (Å²) in [6.45, 7) is 3.74. The average molecular weight is 250 g/mol. The van der Waals surface area contributed by atoms with Crippen molar-refractivity contribution < 1.29 is 4.79 Å². The highest BCUT2D eigenvalue weighted by Gasteiger charge is 2.23. The molecule has 1 aromatic rings. The number of likely N-dealkylation sites (tertiary alicyclic amines) is 1. The number of hydrogen-bond acceptors (Lipinski definition) is 1. The van der Waals surface area contributed by atoms with Crippen LogP contribution in [0.25, 0.3) is 0 Å². The molecule has 0 aromatic heterocycles. The van der Waals surface area contributed by atoms with Gasteiger partial charge in [0, 0.05) is 18.1 Å². The number of rotatable bonds is 1. The molecule has 90 valence electrons. The van der Waals surface area contributed by atoms with Gasteiger partial charge in [0.1, 0.15) is 0 Å². The molecule has 1 saturated heterocycles. The van der Waals surface area contributed by atoms with Crippen molar-refractivity contribution >= 4 is 25.3 Å². The molecule has 1 fully saturated rings. The largest absolute Gasteiger partial charge is 0.352 e. The molecule has 2 nitrogen and oxygen atoms in total. The quantitative estimate of drug-likeness (QED) is 0.701. The van der Waals surface area contributed by atoms with Gasteiger partial charge in [-0.15, -0.1) is 0 Å². The molecule has 1 aromatic carbocycles. The number of aryl methyl sites for hydroxylation is 1. The first kappa shape index (κ1) is 12.5. The maximum Gasteiger partial charge on any atom is 0.215 e. The first-order chi connectivity index (χ1) is 8.09. The summed E-state index contributed by atoms with van der Waals surface area (Å²) in [5.41, 5.74) is 2.38. The van der Waals surface area contributed by atoms with E-state index in [9.17, 15) is 4.79 Å². The fraction of sp³-hybridized carbons (Fsp3) is 0.462. The third-order valence-corrected chi connectivity index (χ3v) is 4.12. The highest BCUT2D eigenvalue weighted by atomic mass is 35.5. The molecule has 4 heteroatoms. The lowest BCUT2D eigenvalue weighted by Crippen LogP contribution is -2.37. The van der Waals surface area contributed by atoms with E-state index < -0.39 is 0 Å². The van der Waals surface area contributed by atoms with Gasteiger partial charge >= 0.3 is 0 Å². The zero-order valence-corrected chi connectivity index (χ0v) is 11.1. The van der Waals surface area contributed by atoms with Gasteiger partial charge < -0.3 is 4.90 Å². The van der Waals surface area contributed by atoms with Crippen molar-refractivity contribution in [1.29, 1.82) is 0 Å². The van der Waals surface area contributed by atoms with E-state index in [1.807, 2.05) is 17.9 Å². The molecule has 0 atom stereocenters. The molecule has 0 radical (unpaired) electrons. The van der Waals surface area contributed by atoms with Gasteiger partial charge in [-0.05, 0) is 36.8 Å². The Bertz CT molecular complexity index is 427. The Morgan fingerprint density at radius 2 is 2.06 bits per heavy atom. The molecule has 0 unspecified atom stereocenters. The van der Waals surface area contributed by atoms with E-state index in [4.69, 9.17) is 11.6 Å². The van der Waals surface area contributed by atoms with Gasteiger partial charge in [-0.1, -0.05) is 29.8 Å². The van der Waals surface area contributed by atoms with Gasteiger partial charge in [-0.25, -0.2) is 0 Å². The smallest absolute Gasteiger partial charge is 0.215 e. The number of piperidine rings is 1. The summed E-state index contributed by atoms with van der Waals surface area (Å²) >= 11 is 6.34.